The molecule has 1 saturated carbocycles. The smallest absolute Gasteiger partial charge is 0.232 e. The first kappa shape index (κ1) is 14.1. The Bertz CT molecular complexity index is 445. The lowest BCUT2D eigenvalue weighted by Gasteiger charge is -2.15. The number of halogens is 1. The van der Waals surface area contributed by atoms with Crippen LogP contribution in [-0.2, 0) is 6.54 Å². The molecule has 4 nitrogen and oxygen atoms in total. The molecule has 0 radical (unpaired) electrons. The van der Waals surface area contributed by atoms with Gasteiger partial charge in [0, 0.05) is 25.3 Å². The second-order valence-corrected chi connectivity index (χ2v) is 6.09. The Kier molecular flexibility index (Phi) is 4.76. The van der Waals surface area contributed by atoms with Crippen LogP contribution in [0.3, 0.4) is 0 Å². The van der Waals surface area contributed by atoms with E-state index in [0.717, 1.165) is 18.7 Å². The molecule has 1 aromatic heterocycles. The molecule has 3 rings (SSSR count). The van der Waals surface area contributed by atoms with Gasteiger partial charge in [0.05, 0.1) is 0 Å². The molecule has 110 valence electrons. The lowest BCUT2D eigenvalue weighted by Crippen LogP contribution is -2.25. The van der Waals surface area contributed by atoms with E-state index in [-0.39, 0.29) is 0 Å². The van der Waals surface area contributed by atoms with Crippen molar-refractivity contribution in [3.05, 3.63) is 22.8 Å². The van der Waals surface area contributed by atoms with Crippen molar-refractivity contribution < 1.29 is 4.74 Å². The van der Waals surface area contributed by atoms with E-state index >= 15 is 0 Å². The van der Waals surface area contributed by atoms with E-state index in [2.05, 4.69) is 15.2 Å². The van der Waals surface area contributed by atoms with Crippen molar-refractivity contribution in [3.63, 3.8) is 0 Å². The van der Waals surface area contributed by atoms with Crippen molar-refractivity contribution in [3.8, 4) is 5.88 Å². The lowest BCUT2D eigenvalue weighted by atomic mass is 10.3. The van der Waals surface area contributed by atoms with E-state index in [1.165, 1.54) is 38.8 Å². The predicted octanol–water partition coefficient (Wildman–Crippen LogP) is 2.46. The first-order chi connectivity index (χ1) is 9.81. The molecule has 5 heteroatoms. The van der Waals surface area contributed by atoms with E-state index in [0.29, 0.717) is 23.6 Å². The zero-order valence-electron chi connectivity index (χ0n) is 11.8. The van der Waals surface area contributed by atoms with Gasteiger partial charge in [-0.3, -0.25) is 4.90 Å². The topological polar surface area (TPSA) is 37.4 Å². The third-order valence-corrected chi connectivity index (χ3v) is 4.15. The second kappa shape index (κ2) is 6.74. The Labute approximate surface area is 125 Å². The van der Waals surface area contributed by atoms with Gasteiger partial charge in [-0.25, -0.2) is 4.98 Å². The van der Waals surface area contributed by atoms with Crippen LogP contribution >= 0.6 is 11.6 Å². The van der Waals surface area contributed by atoms with Gasteiger partial charge in [0.15, 0.2) is 0 Å². The van der Waals surface area contributed by atoms with Crippen molar-refractivity contribution in [1.29, 1.82) is 0 Å². The van der Waals surface area contributed by atoms with E-state index in [1.54, 1.807) is 0 Å². The summed E-state index contributed by atoms with van der Waals surface area (Å²) in [4.78, 5) is 6.75. The van der Waals surface area contributed by atoms with Crippen molar-refractivity contribution >= 4 is 11.6 Å². The molecule has 0 unspecified atom stereocenters. The van der Waals surface area contributed by atoms with Crippen molar-refractivity contribution in [2.45, 2.75) is 38.3 Å². The molecule has 0 spiro atoms. The van der Waals surface area contributed by atoms with Gasteiger partial charge in [-0.05, 0) is 50.4 Å². The molecule has 0 amide bonds. The molecule has 0 aromatic carbocycles. The third-order valence-electron chi connectivity index (χ3n) is 3.88. The first-order valence-corrected chi connectivity index (χ1v) is 7.92. The fraction of sp³-hybridized carbons (Fsp3) is 0.667. The maximum absolute atomic E-state index is 6.23. The van der Waals surface area contributed by atoms with Crippen LogP contribution < -0.4 is 10.1 Å². The van der Waals surface area contributed by atoms with Gasteiger partial charge in [-0.2, -0.15) is 0 Å². The summed E-state index contributed by atoms with van der Waals surface area (Å²) in [6, 6.07) is 2.65. The summed E-state index contributed by atoms with van der Waals surface area (Å²) in [5, 5.41) is 4.07. The number of nitrogens with zero attached hydrogens (tertiary/aromatic N) is 2. The number of nitrogens with one attached hydrogen (secondary N) is 1. The number of likely N-dealkylation sites (tertiary alicyclic amines) is 1. The SMILES string of the molecule is Clc1cc(CNC2CC2)cnc1OCCN1CCCC1. The standard InChI is InChI=1S/C15H22ClN3O/c16-14-9-12(10-17-13-3-4-13)11-18-15(14)20-8-7-19-5-1-2-6-19/h9,11,13,17H,1-8,10H2. The third kappa shape index (κ3) is 4.08. The number of rotatable bonds is 7. The number of ether oxygens (including phenoxy) is 1. The highest BCUT2D eigenvalue weighted by Gasteiger charge is 2.20. The van der Waals surface area contributed by atoms with Crippen molar-refractivity contribution in [2.75, 3.05) is 26.2 Å². The predicted molar refractivity (Wildman–Crippen MR) is 80.3 cm³/mol. The van der Waals surface area contributed by atoms with Gasteiger partial charge in [0.25, 0.3) is 0 Å². The molecular weight excluding hydrogens is 274 g/mol. The minimum atomic E-state index is 0.557. The summed E-state index contributed by atoms with van der Waals surface area (Å²) in [6.07, 6.45) is 7.05. The van der Waals surface area contributed by atoms with Crippen LogP contribution in [0.4, 0.5) is 0 Å². The van der Waals surface area contributed by atoms with Gasteiger partial charge in [-0.15, -0.1) is 0 Å². The minimum Gasteiger partial charge on any atom is -0.475 e. The second-order valence-electron chi connectivity index (χ2n) is 5.68. The zero-order chi connectivity index (χ0) is 13.8. The Balaban J connectivity index is 1.45. The maximum Gasteiger partial charge on any atom is 0.232 e. The number of hydrogen-bond donors (Lipinski definition) is 1. The Morgan fingerprint density at radius 3 is 2.85 bits per heavy atom. The monoisotopic (exact) mass is 295 g/mol. The molecule has 1 aromatic rings. The van der Waals surface area contributed by atoms with E-state index in [1.807, 2.05) is 12.3 Å². The van der Waals surface area contributed by atoms with Crippen molar-refractivity contribution in [2.24, 2.45) is 0 Å². The van der Waals surface area contributed by atoms with Crippen LogP contribution in [-0.4, -0.2) is 42.2 Å². The van der Waals surface area contributed by atoms with Crippen LogP contribution in [0.2, 0.25) is 5.02 Å². The lowest BCUT2D eigenvalue weighted by molar-refractivity contribution is 0.232. The zero-order valence-corrected chi connectivity index (χ0v) is 12.5. The number of aromatic nitrogens is 1. The fourth-order valence-corrected chi connectivity index (χ4v) is 2.74. The highest BCUT2D eigenvalue weighted by Crippen LogP contribution is 2.24. The normalized spacial score (nSPS) is 19.4. The molecule has 2 fully saturated rings. The molecule has 2 heterocycles. The quantitative estimate of drug-likeness (QED) is 0.838. The molecule has 2 aliphatic rings. The van der Waals surface area contributed by atoms with Gasteiger partial charge < -0.3 is 10.1 Å². The van der Waals surface area contributed by atoms with Gasteiger partial charge >= 0.3 is 0 Å². The molecule has 0 bridgehead atoms. The van der Waals surface area contributed by atoms with Crippen LogP contribution in [0.1, 0.15) is 31.2 Å². The van der Waals surface area contributed by atoms with Crippen LogP contribution in [0.5, 0.6) is 5.88 Å². The summed E-state index contributed by atoms with van der Waals surface area (Å²) in [5.41, 5.74) is 1.12. The van der Waals surface area contributed by atoms with Crippen LogP contribution in [0.25, 0.3) is 0 Å². The Hall–Kier alpha value is -0.840. The molecule has 1 aliphatic carbocycles. The molecule has 0 atom stereocenters. The van der Waals surface area contributed by atoms with Gasteiger partial charge in [-0.1, -0.05) is 11.6 Å². The summed E-state index contributed by atoms with van der Waals surface area (Å²) >= 11 is 6.23. The Morgan fingerprint density at radius 1 is 1.35 bits per heavy atom. The molecule has 20 heavy (non-hydrogen) atoms. The van der Waals surface area contributed by atoms with Crippen LogP contribution in [0.15, 0.2) is 12.3 Å². The number of pyridine rings is 1. The maximum atomic E-state index is 6.23. The largest absolute Gasteiger partial charge is 0.475 e. The molecule has 1 aliphatic heterocycles. The molecular formula is C15H22ClN3O. The van der Waals surface area contributed by atoms with Gasteiger partial charge in [0.2, 0.25) is 5.88 Å². The van der Waals surface area contributed by atoms with E-state index < -0.39 is 0 Å². The average molecular weight is 296 g/mol. The fourth-order valence-electron chi connectivity index (χ4n) is 2.50. The summed E-state index contributed by atoms with van der Waals surface area (Å²) < 4.78 is 5.69. The molecule has 1 N–H and O–H groups in total. The first-order valence-electron chi connectivity index (χ1n) is 7.54. The highest BCUT2D eigenvalue weighted by atomic mass is 35.5. The Morgan fingerprint density at radius 2 is 2.15 bits per heavy atom. The summed E-state index contributed by atoms with van der Waals surface area (Å²) in [7, 11) is 0. The van der Waals surface area contributed by atoms with Crippen molar-refractivity contribution in [1.82, 2.24) is 15.2 Å². The van der Waals surface area contributed by atoms with Gasteiger partial charge in [0.1, 0.15) is 11.6 Å². The number of hydrogen-bond acceptors (Lipinski definition) is 4. The summed E-state index contributed by atoms with van der Waals surface area (Å²) in [5.74, 6) is 0.557. The molecule has 1 saturated heterocycles. The summed E-state index contributed by atoms with van der Waals surface area (Å²) in [6.45, 7) is 4.84. The van der Waals surface area contributed by atoms with E-state index in [4.69, 9.17) is 16.3 Å². The minimum absolute atomic E-state index is 0.557. The van der Waals surface area contributed by atoms with E-state index in [9.17, 15) is 0 Å². The average Bonchev–Trinajstić information content (AvgIpc) is 3.14. The highest BCUT2D eigenvalue weighted by molar-refractivity contribution is 6.31. The van der Waals surface area contributed by atoms with Crippen LogP contribution in [0, 0.1) is 0 Å².